The Morgan fingerprint density at radius 2 is 2.11 bits per heavy atom. The van der Waals surface area contributed by atoms with Crippen molar-refractivity contribution in [1.29, 1.82) is 0 Å². The van der Waals surface area contributed by atoms with E-state index in [9.17, 15) is 0 Å². The van der Waals surface area contributed by atoms with Gasteiger partial charge in [0.25, 0.3) is 0 Å². The van der Waals surface area contributed by atoms with E-state index in [-0.39, 0.29) is 6.61 Å². The number of hydrogen-bond acceptors (Lipinski definition) is 3. The van der Waals surface area contributed by atoms with Gasteiger partial charge in [-0.3, -0.25) is 4.98 Å². The third-order valence-electron chi connectivity index (χ3n) is 2.66. The predicted octanol–water partition coefficient (Wildman–Crippen LogP) is 3.22. The van der Waals surface area contributed by atoms with Gasteiger partial charge in [-0.2, -0.15) is 0 Å². The van der Waals surface area contributed by atoms with Crippen LogP contribution < -0.4 is 4.74 Å². The van der Waals surface area contributed by atoms with Crippen LogP contribution in [0.1, 0.15) is 16.8 Å². The summed E-state index contributed by atoms with van der Waals surface area (Å²) in [5.74, 6) is 0.845. The number of ether oxygens (including phenoxy) is 1. The monoisotopic (exact) mass is 307 g/mol. The lowest BCUT2D eigenvalue weighted by molar-refractivity contribution is 0.280. The van der Waals surface area contributed by atoms with E-state index in [1.807, 2.05) is 37.3 Å². The summed E-state index contributed by atoms with van der Waals surface area (Å²) in [5, 5.41) is 8.93. The fourth-order valence-corrected chi connectivity index (χ4v) is 1.88. The van der Waals surface area contributed by atoms with E-state index in [1.54, 1.807) is 6.20 Å². The summed E-state index contributed by atoms with van der Waals surface area (Å²) in [6.07, 6.45) is 1.66. The molecular formula is C14H14BrNO2. The first-order valence-corrected chi connectivity index (χ1v) is 6.42. The second-order valence-corrected chi connectivity index (χ2v) is 4.82. The number of pyridine rings is 1. The summed E-state index contributed by atoms with van der Waals surface area (Å²) in [5.41, 5.74) is 2.72. The van der Waals surface area contributed by atoms with Crippen LogP contribution >= 0.6 is 15.9 Å². The predicted molar refractivity (Wildman–Crippen MR) is 73.4 cm³/mol. The van der Waals surface area contributed by atoms with Crippen LogP contribution in [0.15, 0.2) is 41.0 Å². The van der Waals surface area contributed by atoms with Crippen molar-refractivity contribution in [3.8, 4) is 5.75 Å². The minimum absolute atomic E-state index is 0.0128. The van der Waals surface area contributed by atoms with Crippen molar-refractivity contribution < 1.29 is 9.84 Å². The lowest BCUT2D eigenvalue weighted by Crippen LogP contribution is -2.00. The molecule has 0 bridgehead atoms. The molecule has 2 rings (SSSR count). The minimum Gasteiger partial charge on any atom is -0.487 e. The van der Waals surface area contributed by atoms with Crippen molar-refractivity contribution in [3.63, 3.8) is 0 Å². The number of aliphatic hydroxyl groups is 1. The van der Waals surface area contributed by atoms with Crippen molar-refractivity contribution in [1.82, 2.24) is 4.98 Å². The topological polar surface area (TPSA) is 42.4 Å². The summed E-state index contributed by atoms with van der Waals surface area (Å²) in [6.45, 7) is 2.43. The smallest absolute Gasteiger partial charge is 0.130 e. The van der Waals surface area contributed by atoms with E-state index >= 15 is 0 Å². The maximum atomic E-state index is 8.93. The Morgan fingerprint density at radius 3 is 2.78 bits per heavy atom. The van der Waals surface area contributed by atoms with E-state index in [1.165, 1.54) is 0 Å². The molecule has 0 aliphatic rings. The van der Waals surface area contributed by atoms with Gasteiger partial charge in [0, 0.05) is 16.2 Å². The van der Waals surface area contributed by atoms with E-state index < -0.39 is 0 Å². The molecule has 0 radical (unpaired) electrons. The molecule has 0 amide bonds. The van der Waals surface area contributed by atoms with Crippen molar-refractivity contribution in [2.24, 2.45) is 0 Å². The summed E-state index contributed by atoms with van der Waals surface area (Å²) in [6, 6.07) is 9.56. The van der Waals surface area contributed by atoms with Gasteiger partial charge in [-0.1, -0.05) is 28.1 Å². The normalized spacial score (nSPS) is 10.4. The molecule has 4 heteroatoms. The van der Waals surface area contributed by atoms with Crippen LogP contribution in [0.3, 0.4) is 0 Å². The van der Waals surface area contributed by atoms with E-state index in [0.717, 1.165) is 27.0 Å². The highest BCUT2D eigenvalue weighted by atomic mass is 79.9. The lowest BCUT2D eigenvalue weighted by Gasteiger charge is -2.09. The average Bonchev–Trinajstić information content (AvgIpc) is 2.41. The molecule has 0 fully saturated rings. The van der Waals surface area contributed by atoms with Gasteiger partial charge in [0.15, 0.2) is 0 Å². The van der Waals surface area contributed by atoms with Gasteiger partial charge >= 0.3 is 0 Å². The molecule has 1 heterocycles. The lowest BCUT2D eigenvalue weighted by atomic mass is 10.2. The molecule has 1 aromatic carbocycles. The van der Waals surface area contributed by atoms with Crippen LogP contribution in [0, 0.1) is 6.92 Å². The van der Waals surface area contributed by atoms with Crippen molar-refractivity contribution >= 4 is 15.9 Å². The number of hydrogen-bond donors (Lipinski definition) is 1. The van der Waals surface area contributed by atoms with Gasteiger partial charge < -0.3 is 9.84 Å². The first kappa shape index (κ1) is 13.1. The van der Waals surface area contributed by atoms with Crippen LogP contribution in [0.2, 0.25) is 0 Å². The first-order chi connectivity index (χ1) is 8.70. The molecule has 0 aliphatic carbocycles. The third-order valence-corrected chi connectivity index (χ3v) is 3.52. The molecule has 0 atom stereocenters. The Morgan fingerprint density at radius 1 is 1.28 bits per heavy atom. The third kappa shape index (κ3) is 3.09. The largest absolute Gasteiger partial charge is 0.487 e. The molecule has 0 unspecified atom stereocenters. The molecule has 0 saturated heterocycles. The highest BCUT2D eigenvalue weighted by Crippen LogP contribution is 2.25. The van der Waals surface area contributed by atoms with E-state index in [0.29, 0.717) is 6.61 Å². The summed E-state index contributed by atoms with van der Waals surface area (Å²) in [7, 11) is 0. The maximum absolute atomic E-state index is 8.93. The van der Waals surface area contributed by atoms with Gasteiger partial charge in [0.1, 0.15) is 12.4 Å². The second kappa shape index (κ2) is 5.98. The van der Waals surface area contributed by atoms with Crippen LogP contribution in [0.4, 0.5) is 0 Å². The first-order valence-electron chi connectivity index (χ1n) is 5.63. The number of halogens is 1. The molecule has 18 heavy (non-hydrogen) atoms. The number of nitrogens with zero attached hydrogens (tertiary/aromatic N) is 1. The molecule has 3 nitrogen and oxygen atoms in total. The molecule has 0 aliphatic heterocycles. The number of benzene rings is 1. The van der Waals surface area contributed by atoms with Crippen molar-refractivity contribution in [3.05, 3.63) is 57.8 Å². The maximum Gasteiger partial charge on any atom is 0.130 e. The fraction of sp³-hybridized carbons (Fsp3) is 0.214. The summed E-state index contributed by atoms with van der Waals surface area (Å²) >= 11 is 3.47. The quantitative estimate of drug-likeness (QED) is 0.943. The number of rotatable bonds is 4. The van der Waals surface area contributed by atoms with Crippen LogP contribution in [0.5, 0.6) is 5.75 Å². The Labute approximate surface area is 115 Å². The summed E-state index contributed by atoms with van der Waals surface area (Å²) in [4.78, 5) is 4.22. The SMILES string of the molecule is Cc1c(Br)cccc1OCc1ccc(CO)cn1. The molecule has 2 aromatic rings. The highest BCUT2D eigenvalue weighted by Gasteiger charge is 2.03. The molecule has 94 valence electrons. The molecule has 0 spiro atoms. The molecule has 1 aromatic heterocycles. The number of aromatic nitrogens is 1. The van der Waals surface area contributed by atoms with Crippen molar-refractivity contribution in [2.45, 2.75) is 20.1 Å². The van der Waals surface area contributed by atoms with Gasteiger partial charge in [-0.15, -0.1) is 0 Å². The zero-order valence-electron chi connectivity index (χ0n) is 10.1. The zero-order chi connectivity index (χ0) is 13.0. The second-order valence-electron chi connectivity index (χ2n) is 3.97. The molecule has 1 N–H and O–H groups in total. The molecular weight excluding hydrogens is 294 g/mol. The Balaban J connectivity index is 2.04. The Kier molecular flexibility index (Phi) is 4.33. The highest BCUT2D eigenvalue weighted by molar-refractivity contribution is 9.10. The molecule has 0 saturated carbocycles. The van der Waals surface area contributed by atoms with Gasteiger partial charge in [-0.05, 0) is 30.7 Å². The van der Waals surface area contributed by atoms with Crippen molar-refractivity contribution in [2.75, 3.05) is 0 Å². The summed E-state index contributed by atoms with van der Waals surface area (Å²) < 4.78 is 6.75. The zero-order valence-corrected chi connectivity index (χ0v) is 11.6. The average molecular weight is 308 g/mol. The Hall–Kier alpha value is -1.39. The number of aliphatic hydroxyl groups excluding tert-OH is 1. The van der Waals surface area contributed by atoms with Crippen LogP contribution in [0.25, 0.3) is 0 Å². The van der Waals surface area contributed by atoms with Crippen LogP contribution in [-0.4, -0.2) is 10.1 Å². The fourth-order valence-electron chi connectivity index (χ4n) is 1.53. The minimum atomic E-state index is 0.0128. The van der Waals surface area contributed by atoms with E-state index in [4.69, 9.17) is 9.84 Å². The standard InChI is InChI=1S/C14H14BrNO2/c1-10-13(15)3-2-4-14(10)18-9-12-6-5-11(8-17)7-16-12/h2-7,17H,8-9H2,1H3. The van der Waals surface area contributed by atoms with Gasteiger partial charge in [0.05, 0.1) is 12.3 Å². The van der Waals surface area contributed by atoms with Gasteiger partial charge in [-0.25, -0.2) is 0 Å². The Bertz CT molecular complexity index is 526. The van der Waals surface area contributed by atoms with Gasteiger partial charge in [0.2, 0.25) is 0 Å². The van der Waals surface area contributed by atoms with Crippen LogP contribution in [-0.2, 0) is 13.2 Å². The van der Waals surface area contributed by atoms with E-state index in [2.05, 4.69) is 20.9 Å².